The third-order valence-electron chi connectivity index (χ3n) is 6.47. The van der Waals surface area contributed by atoms with Gasteiger partial charge in [0.2, 0.25) is 11.8 Å². The number of alkyl halides is 5. The molecule has 2 aromatic rings. The Balaban J connectivity index is 1.52. The molecule has 3 atom stereocenters. The normalized spacial score (nSPS) is 25.7. The molecule has 32 heavy (non-hydrogen) atoms. The van der Waals surface area contributed by atoms with Crippen LogP contribution in [0, 0.1) is 17.8 Å². The molecule has 3 heterocycles. The van der Waals surface area contributed by atoms with Gasteiger partial charge in [-0.3, -0.25) is 4.79 Å². The Morgan fingerprint density at radius 3 is 2.66 bits per heavy atom. The molecule has 6 nitrogen and oxygen atoms in total. The fourth-order valence-corrected chi connectivity index (χ4v) is 4.69. The Kier molecular flexibility index (Phi) is 6.08. The first kappa shape index (κ1) is 23.2. The molecule has 0 spiro atoms. The number of halogens is 6. The molecule has 12 heteroatoms. The second-order valence-corrected chi connectivity index (χ2v) is 9.15. The minimum Gasteiger partial charge on any atom is -0.355 e. The molecule has 176 valence electrons. The van der Waals surface area contributed by atoms with E-state index in [1.54, 1.807) is 6.20 Å². The Morgan fingerprint density at radius 2 is 2.00 bits per heavy atom. The maximum atomic E-state index is 13.4. The number of rotatable bonds is 4. The molecule has 0 radical (unpaired) electrons. The van der Waals surface area contributed by atoms with E-state index in [9.17, 15) is 26.7 Å². The van der Waals surface area contributed by atoms with Crippen molar-refractivity contribution in [1.82, 2.24) is 19.9 Å². The molecule has 0 bridgehead atoms. The van der Waals surface area contributed by atoms with Crippen molar-refractivity contribution in [3.8, 4) is 0 Å². The zero-order valence-electron chi connectivity index (χ0n) is 17.0. The van der Waals surface area contributed by atoms with Gasteiger partial charge in [-0.2, -0.15) is 18.3 Å². The van der Waals surface area contributed by atoms with Gasteiger partial charge in [0.05, 0.1) is 34.6 Å². The van der Waals surface area contributed by atoms with Gasteiger partial charge in [-0.25, -0.2) is 18.3 Å². The number of aromatic nitrogens is 3. The van der Waals surface area contributed by atoms with Crippen LogP contribution in [0.4, 0.5) is 22.0 Å². The first-order valence-corrected chi connectivity index (χ1v) is 10.8. The predicted molar refractivity (Wildman–Crippen MR) is 106 cm³/mol. The minimum absolute atomic E-state index is 0.0511. The molecule has 1 saturated heterocycles. The lowest BCUT2D eigenvalue weighted by molar-refractivity contribution is -0.183. The number of nitrogens with one attached hydrogen (secondary N) is 1. The molecular weight excluding hydrogens is 457 g/mol. The van der Waals surface area contributed by atoms with E-state index in [2.05, 4.69) is 15.4 Å². The summed E-state index contributed by atoms with van der Waals surface area (Å²) in [5.74, 6) is -5.79. The van der Waals surface area contributed by atoms with Crippen LogP contribution < -0.4 is 11.1 Å². The van der Waals surface area contributed by atoms with E-state index in [-0.39, 0.29) is 42.3 Å². The molecule has 1 saturated carbocycles. The molecule has 1 aliphatic carbocycles. The van der Waals surface area contributed by atoms with Gasteiger partial charge in [-0.1, -0.05) is 11.6 Å². The summed E-state index contributed by atoms with van der Waals surface area (Å²) in [6, 6.07) is 0.962. The lowest BCUT2D eigenvalue weighted by Crippen LogP contribution is -2.47. The van der Waals surface area contributed by atoms with Crippen molar-refractivity contribution in [2.75, 3.05) is 6.54 Å². The Hall–Kier alpha value is -2.01. The van der Waals surface area contributed by atoms with Gasteiger partial charge in [0.1, 0.15) is 0 Å². The van der Waals surface area contributed by atoms with Crippen LogP contribution in [0.2, 0.25) is 5.02 Å². The molecule has 3 N–H and O–H groups in total. The van der Waals surface area contributed by atoms with Crippen LogP contribution in [-0.2, 0) is 11.2 Å². The minimum atomic E-state index is -4.40. The number of nitrogens with two attached hydrogens (primary N) is 1. The molecule has 4 rings (SSSR count). The van der Waals surface area contributed by atoms with E-state index in [4.69, 9.17) is 17.3 Å². The van der Waals surface area contributed by atoms with Crippen molar-refractivity contribution in [3.05, 3.63) is 28.7 Å². The summed E-state index contributed by atoms with van der Waals surface area (Å²) in [6.07, 6.45) is -3.05. The fourth-order valence-electron chi connectivity index (χ4n) is 4.48. The van der Waals surface area contributed by atoms with Gasteiger partial charge < -0.3 is 11.1 Å². The molecule has 1 aliphatic heterocycles. The maximum Gasteiger partial charge on any atom is 0.393 e. The quantitative estimate of drug-likeness (QED) is 0.647. The number of carbonyl (C=O) groups is 1. The molecule has 2 fully saturated rings. The number of hydrogen-bond donors (Lipinski definition) is 2. The summed E-state index contributed by atoms with van der Waals surface area (Å²) in [4.78, 5) is 16.5. The third-order valence-corrected chi connectivity index (χ3v) is 6.80. The monoisotopic (exact) mass is 479 g/mol. The number of carbonyl (C=O) groups excluding carboxylic acids is 1. The lowest BCUT2D eigenvalue weighted by Gasteiger charge is -2.31. The number of imidazole rings is 1. The van der Waals surface area contributed by atoms with E-state index < -0.39 is 42.4 Å². The molecule has 1 amide bonds. The topological polar surface area (TPSA) is 85.3 Å². The Labute approximate surface area is 185 Å². The van der Waals surface area contributed by atoms with Crippen LogP contribution in [0.15, 0.2) is 12.3 Å². The number of nitrogens with zero attached hydrogens (tertiary/aromatic N) is 3. The third kappa shape index (κ3) is 4.83. The number of fused-ring (bicyclic) bond motifs is 1. The number of amides is 1. The predicted octanol–water partition coefficient (Wildman–Crippen LogP) is 4.07. The van der Waals surface area contributed by atoms with Crippen molar-refractivity contribution in [2.45, 2.75) is 56.7 Å². The summed E-state index contributed by atoms with van der Waals surface area (Å²) in [6.45, 7) is -0.436. The van der Waals surface area contributed by atoms with Crippen molar-refractivity contribution in [2.24, 2.45) is 23.5 Å². The van der Waals surface area contributed by atoms with Crippen LogP contribution >= 0.6 is 11.6 Å². The second-order valence-electron chi connectivity index (χ2n) is 8.75. The highest BCUT2D eigenvalue weighted by molar-refractivity contribution is 6.31. The van der Waals surface area contributed by atoms with E-state index >= 15 is 0 Å². The van der Waals surface area contributed by atoms with E-state index in [1.165, 1.54) is 10.6 Å². The Bertz CT molecular complexity index is 1000. The zero-order valence-corrected chi connectivity index (χ0v) is 17.8. The average molecular weight is 480 g/mol. The SMILES string of the molecule is N[C@H](c1cn2nc(CC3C[C@H](C(F)(F)F)CNC3=O)c(Cl)cc2n1)C1CCC(F)(F)CC1. The van der Waals surface area contributed by atoms with Crippen LogP contribution in [0.3, 0.4) is 0 Å². The Morgan fingerprint density at radius 1 is 1.31 bits per heavy atom. The number of hydrogen-bond acceptors (Lipinski definition) is 4. The summed E-state index contributed by atoms with van der Waals surface area (Å²) in [5.41, 5.74) is 7.42. The summed E-state index contributed by atoms with van der Waals surface area (Å²) in [7, 11) is 0. The van der Waals surface area contributed by atoms with Crippen LogP contribution in [0.1, 0.15) is 49.5 Å². The molecule has 2 aromatic heterocycles. The highest BCUT2D eigenvalue weighted by atomic mass is 35.5. The van der Waals surface area contributed by atoms with Gasteiger partial charge in [0, 0.05) is 37.8 Å². The first-order chi connectivity index (χ1) is 14.9. The fraction of sp³-hybridized carbons (Fsp3) is 0.650. The average Bonchev–Trinajstić information content (AvgIpc) is 3.11. The standard InChI is InChI=1S/C20H23ClF5N5O/c21-13-7-16-29-15(17(27)10-1-3-19(22,23)4-2-10)9-31(16)30-14(13)6-11-5-12(20(24,25)26)8-28-18(11)32/h7,9-12,17H,1-6,8,27H2,(H,28,32)/t11?,12-,17-/m0/s1. The summed E-state index contributed by atoms with van der Waals surface area (Å²) < 4.78 is 67.5. The highest BCUT2D eigenvalue weighted by Crippen LogP contribution is 2.40. The van der Waals surface area contributed by atoms with Crippen LogP contribution in [-0.4, -0.2) is 39.1 Å². The van der Waals surface area contributed by atoms with Gasteiger partial charge in [-0.15, -0.1) is 0 Å². The van der Waals surface area contributed by atoms with Gasteiger partial charge in [0.25, 0.3) is 0 Å². The van der Waals surface area contributed by atoms with Gasteiger partial charge >= 0.3 is 6.18 Å². The smallest absolute Gasteiger partial charge is 0.355 e. The summed E-state index contributed by atoms with van der Waals surface area (Å²) >= 11 is 6.28. The van der Waals surface area contributed by atoms with Gasteiger partial charge in [0.15, 0.2) is 5.65 Å². The van der Waals surface area contributed by atoms with E-state index in [0.717, 1.165) is 0 Å². The molecule has 0 aromatic carbocycles. The molecule has 1 unspecified atom stereocenters. The van der Waals surface area contributed by atoms with Crippen molar-refractivity contribution in [1.29, 1.82) is 0 Å². The zero-order chi connectivity index (χ0) is 23.3. The van der Waals surface area contributed by atoms with Crippen LogP contribution in [0.25, 0.3) is 5.65 Å². The van der Waals surface area contributed by atoms with Crippen LogP contribution in [0.5, 0.6) is 0 Å². The maximum absolute atomic E-state index is 13.4. The molecule has 2 aliphatic rings. The van der Waals surface area contributed by atoms with Crippen molar-refractivity contribution in [3.63, 3.8) is 0 Å². The van der Waals surface area contributed by atoms with E-state index in [1.807, 2.05) is 0 Å². The first-order valence-electron chi connectivity index (χ1n) is 10.5. The number of piperidine rings is 1. The highest BCUT2D eigenvalue weighted by Gasteiger charge is 2.45. The van der Waals surface area contributed by atoms with Gasteiger partial charge in [-0.05, 0) is 25.2 Å². The summed E-state index contributed by atoms with van der Waals surface area (Å²) in [5, 5.41) is 6.84. The van der Waals surface area contributed by atoms with Crippen molar-refractivity contribution >= 4 is 23.2 Å². The lowest BCUT2D eigenvalue weighted by atomic mass is 9.81. The second kappa shape index (κ2) is 8.40. The molecular formula is C20H23ClF5N5O. The van der Waals surface area contributed by atoms with Crippen molar-refractivity contribution < 1.29 is 26.7 Å². The largest absolute Gasteiger partial charge is 0.393 e. The van der Waals surface area contributed by atoms with E-state index in [0.29, 0.717) is 24.2 Å².